The standard InChI is InChI=1S/C20H23NO4/c1-11-7-5-6-8-14(11)10-9-12(2)16(21-4)15-17(22)13(3)18(23)20(25)19(15)24/h5-9,22-25H,10H2,1-4H3/b12-9-,21-16?. The number of aryl methyl sites for hydroxylation is 1. The van der Waals surface area contributed by atoms with Crippen molar-refractivity contribution in [3.8, 4) is 23.0 Å². The van der Waals surface area contributed by atoms with Crippen molar-refractivity contribution in [1.82, 2.24) is 0 Å². The molecule has 0 aliphatic heterocycles. The fourth-order valence-electron chi connectivity index (χ4n) is 2.73. The van der Waals surface area contributed by atoms with Gasteiger partial charge in [-0.2, -0.15) is 0 Å². The summed E-state index contributed by atoms with van der Waals surface area (Å²) in [6, 6.07) is 8.02. The first-order valence-electron chi connectivity index (χ1n) is 7.94. The van der Waals surface area contributed by atoms with E-state index in [1.807, 2.05) is 44.2 Å². The summed E-state index contributed by atoms with van der Waals surface area (Å²) in [6.07, 6.45) is 2.62. The molecular weight excluding hydrogens is 318 g/mol. The molecule has 0 aliphatic rings. The summed E-state index contributed by atoms with van der Waals surface area (Å²) in [7, 11) is 1.54. The highest BCUT2D eigenvalue weighted by molar-refractivity contribution is 6.16. The second-order valence-corrected chi connectivity index (χ2v) is 5.98. The zero-order valence-corrected chi connectivity index (χ0v) is 14.8. The minimum absolute atomic E-state index is 0.00818. The number of allylic oxidation sites excluding steroid dienone is 2. The highest BCUT2D eigenvalue weighted by atomic mass is 16.3. The van der Waals surface area contributed by atoms with Crippen LogP contribution in [0.2, 0.25) is 0 Å². The van der Waals surface area contributed by atoms with Gasteiger partial charge in [-0.05, 0) is 43.9 Å². The van der Waals surface area contributed by atoms with Crippen molar-refractivity contribution in [2.45, 2.75) is 27.2 Å². The number of phenolic OH excluding ortho intramolecular Hbond substituents is 4. The molecule has 0 saturated heterocycles. The van der Waals surface area contributed by atoms with Crippen LogP contribution in [0.4, 0.5) is 0 Å². The first kappa shape index (κ1) is 18.4. The van der Waals surface area contributed by atoms with E-state index in [2.05, 4.69) is 4.99 Å². The van der Waals surface area contributed by atoms with E-state index in [1.165, 1.54) is 12.5 Å². The van der Waals surface area contributed by atoms with Gasteiger partial charge in [0.1, 0.15) is 5.75 Å². The lowest BCUT2D eigenvalue weighted by Gasteiger charge is -2.15. The predicted molar refractivity (Wildman–Crippen MR) is 98.9 cm³/mol. The van der Waals surface area contributed by atoms with Gasteiger partial charge < -0.3 is 20.4 Å². The Morgan fingerprint density at radius 3 is 2.20 bits per heavy atom. The van der Waals surface area contributed by atoms with Crippen molar-refractivity contribution in [1.29, 1.82) is 0 Å². The summed E-state index contributed by atoms with van der Waals surface area (Å²) in [4.78, 5) is 4.16. The van der Waals surface area contributed by atoms with Crippen LogP contribution in [0.25, 0.3) is 0 Å². The van der Waals surface area contributed by atoms with Gasteiger partial charge in [-0.3, -0.25) is 4.99 Å². The highest BCUT2D eigenvalue weighted by Crippen LogP contribution is 2.46. The maximum Gasteiger partial charge on any atom is 0.201 e. The second-order valence-electron chi connectivity index (χ2n) is 5.98. The van der Waals surface area contributed by atoms with Gasteiger partial charge in [-0.25, -0.2) is 0 Å². The van der Waals surface area contributed by atoms with Crippen LogP contribution in [-0.2, 0) is 6.42 Å². The number of hydrogen-bond donors (Lipinski definition) is 4. The van der Waals surface area contributed by atoms with Gasteiger partial charge in [0.2, 0.25) is 5.75 Å². The van der Waals surface area contributed by atoms with E-state index in [0.29, 0.717) is 12.1 Å². The third-order valence-corrected chi connectivity index (χ3v) is 4.36. The summed E-state index contributed by atoms with van der Waals surface area (Å²) >= 11 is 0. The first-order valence-corrected chi connectivity index (χ1v) is 7.94. The Labute approximate surface area is 147 Å². The lowest BCUT2D eigenvalue weighted by atomic mass is 9.96. The van der Waals surface area contributed by atoms with Gasteiger partial charge in [0.15, 0.2) is 11.5 Å². The van der Waals surface area contributed by atoms with Crippen LogP contribution in [0.15, 0.2) is 40.9 Å². The number of nitrogens with zero attached hydrogens (tertiary/aromatic N) is 1. The quantitative estimate of drug-likeness (QED) is 0.387. The fourth-order valence-corrected chi connectivity index (χ4v) is 2.73. The average molecular weight is 341 g/mol. The number of benzene rings is 2. The molecule has 0 atom stereocenters. The van der Waals surface area contributed by atoms with E-state index in [9.17, 15) is 20.4 Å². The van der Waals surface area contributed by atoms with Gasteiger partial charge >= 0.3 is 0 Å². The maximum atomic E-state index is 10.3. The van der Waals surface area contributed by atoms with Gasteiger partial charge in [-0.1, -0.05) is 30.3 Å². The Hall–Kier alpha value is -2.95. The molecule has 0 bridgehead atoms. The average Bonchev–Trinajstić information content (AvgIpc) is 2.61. The summed E-state index contributed by atoms with van der Waals surface area (Å²) in [5.41, 5.74) is 3.51. The van der Waals surface area contributed by atoms with Crippen molar-refractivity contribution in [2.75, 3.05) is 7.05 Å². The van der Waals surface area contributed by atoms with Crippen LogP contribution in [-0.4, -0.2) is 33.2 Å². The molecule has 0 fully saturated rings. The van der Waals surface area contributed by atoms with E-state index in [1.54, 1.807) is 7.05 Å². The van der Waals surface area contributed by atoms with Gasteiger partial charge in [0.05, 0.1) is 11.3 Å². The number of aromatic hydroxyl groups is 4. The molecule has 0 unspecified atom stereocenters. The van der Waals surface area contributed by atoms with Crippen LogP contribution < -0.4 is 0 Å². The fraction of sp³-hybridized carbons (Fsp3) is 0.250. The molecule has 132 valence electrons. The molecule has 0 aromatic heterocycles. The minimum Gasteiger partial charge on any atom is -0.507 e. The summed E-state index contributed by atoms with van der Waals surface area (Å²) in [5, 5.41) is 40.1. The van der Waals surface area contributed by atoms with Crippen LogP contribution in [0, 0.1) is 13.8 Å². The molecule has 2 rings (SSSR count). The molecule has 0 amide bonds. The Bertz CT molecular complexity index is 837. The Morgan fingerprint density at radius 2 is 1.60 bits per heavy atom. The molecule has 5 heteroatoms. The molecule has 0 saturated carbocycles. The molecule has 0 spiro atoms. The highest BCUT2D eigenvalue weighted by Gasteiger charge is 2.24. The van der Waals surface area contributed by atoms with Gasteiger partial charge in [-0.15, -0.1) is 0 Å². The lowest BCUT2D eigenvalue weighted by Crippen LogP contribution is -2.06. The SMILES string of the molecule is CN=C(/C(C)=C\Cc1ccccc1C)c1c(O)c(C)c(O)c(O)c1O. The molecule has 0 radical (unpaired) electrons. The van der Waals surface area contributed by atoms with Gasteiger partial charge in [0, 0.05) is 12.6 Å². The maximum absolute atomic E-state index is 10.3. The molecule has 2 aromatic rings. The van der Waals surface area contributed by atoms with Crippen molar-refractivity contribution in [3.05, 3.63) is 58.2 Å². The largest absolute Gasteiger partial charge is 0.507 e. The molecule has 25 heavy (non-hydrogen) atoms. The smallest absolute Gasteiger partial charge is 0.201 e. The van der Waals surface area contributed by atoms with Gasteiger partial charge in [0.25, 0.3) is 0 Å². The van der Waals surface area contributed by atoms with E-state index in [4.69, 9.17) is 0 Å². The van der Waals surface area contributed by atoms with Crippen molar-refractivity contribution in [3.63, 3.8) is 0 Å². The van der Waals surface area contributed by atoms with Crippen LogP contribution in [0.5, 0.6) is 23.0 Å². The van der Waals surface area contributed by atoms with Crippen LogP contribution in [0.3, 0.4) is 0 Å². The monoisotopic (exact) mass is 341 g/mol. The molecular formula is C20H23NO4. The van der Waals surface area contributed by atoms with Crippen LogP contribution >= 0.6 is 0 Å². The molecule has 4 N–H and O–H groups in total. The van der Waals surface area contributed by atoms with E-state index >= 15 is 0 Å². The second kappa shape index (κ2) is 7.30. The molecule has 5 nitrogen and oxygen atoms in total. The number of rotatable bonds is 4. The topological polar surface area (TPSA) is 93.3 Å². The lowest BCUT2D eigenvalue weighted by molar-refractivity contribution is 0.357. The number of hydrogen-bond acceptors (Lipinski definition) is 5. The molecule has 2 aromatic carbocycles. The zero-order chi connectivity index (χ0) is 18.7. The van der Waals surface area contributed by atoms with Crippen LogP contribution in [0.1, 0.15) is 29.2 Å². The first-order chi connectivity index (χ1) is 11.8. The molecule has 0 heterocycles. The summed E-state index contributed by atoms with van der Waals surface area (Å²) < 4.78 is 0. The zero-order valence-electron chi connectivity index (χ0n) is 14.8. The summed E-state index contributed by atoms with van der Waals surface area (Å²) in [5.74, 6) is -2.12. The summed E-state index contributed by atoms with van der Waals surface area (Å²) in [6.45, 7) is 5.30. The van der Waals surface area contributed by atoms with Crippen molar-refractivity contribution >= 4 is 5.71 Å². The Kier molecular flexibility index (Phi) is 5.37. The predicted octanol–water partition coefficient (Wildman–Crippen LogP) is 3.73. The van der Waals surface area contributed by atoms with Crippen molar-refractivity contribution in [2.24, 2.45) is 4.99 Å². The Morgan fingerprint density at radius 1 is 0.960 bits per heavy atom. The Balaban J connectivity index is 2.48. The molecule has 0 aliphatic carbocycles. The van der Waals surface area contributed by atoms with E-state index in [0.717, 1.165) is 11.1 Å². The van der Waals surface area contributed by atoms with E-state index in [-0.39, 0.29) is 16.9 Å². The van der Waals surface area contributed by atoms with E-state index < -0.39 is 17.2 Å². The number of phenols is 4. The normalized spacial score (nSPS) is 12.5. The third-order valence-electron chi connectivity index (χ3n) is 4.36. The third kappa shape index (κ3) is 3.45. The number of aliphatic imine (C=N–C) groups is 1. The van der Waals surface area contributed by atoms with Crippen molar-refractivity contribution < 1.29 is 20.4 Å². The minimum atomic E-state index is -0.668.